The van der Waals surface area contributed by atoms with E-state index >= 15 is 0 Å². The molecule has 1 unspecified atom stereocenters. The van der Waals surface area contributed by atoms with Gasteiger partial charge in [0.1, 0.15) is 11.5 Å². The van der Waals surface area contributed by atoms with E-state index in [-0.39, 0.29) is 5.41 Å². The lowest BCUT2D eigenvalue weighted by Gasteiger charge is -2.37. The van der Waals surface area contributed by atoms with Gasteiger partial charge in [-0.25, -0.2) is 0 Å². The quantitative estimate of drug-likeness (QED) is 0.549. The third kappa shape index (κ3) is 4.12. The zero-order valence-corrected chi connectivity index (χ0v) is 18.0. The van der Waals surface area contributed by atoms with Gasteiger partial charge in [-0.3, -0.25) is 9.98 Å². The normalized spacial score (nSPS) is 15.9. The number of ether oxygens (including phenoxy) is 2. The van der Waals surface area contributed by atoms with E-state index < -0.39 is 0 Å². The first-order valence-electron chi connectivity index (χ1n) is 9.99. The molecule has 0 fully saturated rings. The van der Waals surface area contributed by atoms with E-state index in [2.05, 4.69) is 56.6 Å². The van der Waals surface area contributed by atoms with E-state index in [0.29, 0.717) is 11.7 Å². The Balaban J connectivity index is 1.94. The van der Waals surface area contributed by atoms with Gasteiger partial charge in [0.2, 0.25) is 0 Å². The molecule has 0 spiro atoms. The fourth-order valence-electron chi connectivity index (χ4n) is 3.80. The first kappa shape index (κ1) is 20.8. The summed E-state index contributed by atoms with van der Waals surface area (Å²) in [6.45, 7) is 10.8. The van der Waals surface area contributed by atoms with E-state index in [4.69, 9.17) is 14.5 Å². The molecular weight excluding hydrogens is 360 g/mol. The van der Waals surface area contributed by atoms with E-state index in [1.807, 2.05) is 18.5 Å². The summed E-state index contributed by atoms with van der Waals surface area (Å²) in [5.41, 5.74) is 5.58. The molecule has 1 aliphatic heterocycles. The zero-order chi connectivity index (χ0) is 21.0. The summed E-state index contributed by atoms with van der Waals surface area (Å²) in [5, 5.41) is 0. The van der Waals surface area contributed by atoms with Gasteiger partial charge >= 0.3 is 0 Å². The molecule has 0 aliphatic carbocycles. The van der Waals surface area contributed by atoms with Crippen LogP contribution in [-0.2, 0) is 10.2 Å². The van der Waals surface area contributed by atoms with Crippen LogP contribution in [0.25, 0.3) is 11.1 Å². The number of hydrogen-bond donors (Lipinski definition) is 0. The second-order valence-corrected chi connectivity index (χ2v) is 7.91. The number of hydrogen-bond acceptors (Lipinski definition) is 4. The molecule has 0 saturated heterocycles. The molecule has 0 bridgehead atoms. The lowest BCUT2D eigenvalue weighted by atomic mass is 9.68. The van der Waals surface area contributed by atoms with E-state index in [0.717, 1.165) is 35.3 Å². The minimum absolute atomic E-state index is 0.137. The molecule has 0 radical (unpaired) electrons. The van der Waals surface area contributed by atoms with Crippen molar-refractivity contribution in [2.75, 3.05) is 14.2 Å². The summed E-state index contributed by atoms with van der Waals surface area (Å²) < 4.78 is 10.6. The summed E-state index contributed by atoms with van der Waals surface area (Å²) >= 11 is 0. The number of rotatable bonds is 7. The zero-order valence-electron chi connectivity index (χ0n) is 18.0. The van der Waals surface area contributed by atoms with Crippen molar-refractivity contribution in [1.82, 2.24) is 4.98 Å². The Bertz CT molecular complexity index is 942. The average Bonchev–Trinajstić information content (AvgIpc) is 2.78. The highest BCUT2D eigenvalue weighted by Gasteiger charge is 2.36. The van der Waals surface area contributed by atoms with Gasteiger partial charge in [-0.15, -0.1) is 0 Å². The molecule has 0 saturated carbocycles. The van der Waals surface area contributed by atoms with Crippen molar-refractivity contribution in [1.29, 1.82) is 0 Å². The molecule has 4 heteroatoms. The Labute approximate surface area is 174 Å². The molecule has 1 aliphatic rings. The molecule has 4 nitrogen and oxygen atoms in total. The Morgan fingerprint density at radius 3 is 2.34 bits per heavy atom. The number of allylic oxidation sites excluding steroid dienone is 1. The minimum atomic E-state index is -0.137. The van der Waals surface area contributed by atoms with Crippen LogP contribution in [0.5, 0.6) is 5.75 Å². The monoisotopic (exact) mass is 390 g/mol. The Morgan fingerprint density at radius 1 is 1.07 bits per heavy atom. The smallest absolute Gasteiger partial charge is 0.137 e. The maximum Gasteiger partial charge on any atom is 0.137 e. The van der Waals surface area contributed by atoms with Crippen LogP contribution < -0.4 is 4.74 Å². The van der Waals surface area contributed by atoms with Crippen molar-refractivity contribution < 1.29 is 9.47 Å². The summed E-state index contributed by atoms with van der Waals surface area (Å²) in [7, 11) is 3.31. The maximum atomic E-state index is 5.30. The van der Waals surface area contributed by atoms with Crippen LogP contribution in [0.2, 0.25) is 0 Å². The van der Waals surface area contributed by atoms with Crippen molar-refractivity contribution in [2.24, 2.45) is 10.9 Å². The molecule has 0 N–H and O–H groups in total. The predicted octanol–water partition coefficient (Wildman–Crippen LogP) is 5.95. The number of aliphatic imine (C=N–C) groups is 1. The summed E-state index contributed by atoms with van der Waals surface area (Å²) in [5.74, 6) is 1.87. The second-order valence-electron chi connectivity index (χ2n) is 7.91. The van der Waals surface area contributed by atoms with Crippen molar-refractivity contribution in [3.63, 3.8) is 0 Å². The second kappa shape index (κ2) is 8.64. The molecule has 2 heterocycles. The highest BCUT2D eigenvalue weighted by molar-refractivity contribution is 5.96. The third-order valence-electron chi connectivity index (χ3n) is 6.13. The fraction of sp³-hybridized carbons (Fsp3) is 0.360. The summed E-state index contributed by atoms with van der Waals surface area (Å²) in [4.78, 5) is 9.11. The van der Waals surface area contributed by atoms with Gasteiger partial charge in [0.05, 0.1) is 20.4 Å². The number of benzene rings is 1. The van der Waals surface area contributed by atoms with Crippen LogP contribution in [0.15, 0.2) is 71.8 Å². The van der Waals surface area contributed by atoms with E-state index in [1.165, 1.54) is 11.3 Å². The third-order valence-corrected chi connectivity index (χ3v) is 6.13. The Morgan fingerprint density at radius 2 is 1.79 bits per heavy atom. The molecule has 152 valence electrons. The molecule has 1 aromatic carbocycles. The number of nitrogens with zero attached hydrogens (tertiary/aromatic N) is 2. The number of methoxy groups -OCH3 is 2. The SMILES string of the molecule is C=C(OC)C1=CN=C(C(C)(c2ccc(-c3cncc(OC)c3)cc2)C(C)C)CC1. The topological polar surface area (TPSA) is 43.7 Å². The number of pyridine rings is 1. The molecule has 29 heavy (non-hydrogen) atoms. The average molecular weight is 391 g/mol. The predicted molar refractivity (Wildman–Crippen MR) is 119 cm³/mol. The Kier molecular flexibility index (Phi) is 6.21. The standard InChI is InChI=1S/C25H30N2O2/c1-17(2)25(4,24-12-9-20(15-27-24)18(3)28-5)22-10-7-19(8-11-22)21-13-23(29-6)16-26-14-21/h7-8,10-11,13-17H,3,9,12H2,1-2,4-6H3. The van der Waals surface area contributed by atoms with Gasteiger partial charge in [0.15, 0.2) is 0 Å². The molecular formula is C25H30N2O2. The van der Waals surface area contributed by atoms with Gasteiger partial charge in [-0.05, 0) is 42.9 Å². The van der Waals surface area contributed by atoms with Crippen molar-refractivity contribution in [2.45, 2.75) is 39.0 Å². The molecule has 0 amide bonds. The lowest BCUT2D eigenvalue weighted by Crippen LogP contribution is -2.38. The van der Waals surface area contributed by atoms with Crippen LogP contribution >= 0.6 is 0 Å². The Hall–Kier alpha value is -2.88. The van der Waals surface area contributed by atoms with Crippen LogP contribution in [-0.4, -0.2) is 24.9 Å². The number of aromatic nitrogens is 1. The van der Waals surface area contributed by atoms with Crippen LogP contribution in [0.1, 0.15) is 39.2 Å². The molecule has 2 aromatic rings. The van der Waals surface area contributed by atoms with Gasteiger partial charge in [-0.1, -0.05) is 44.7 Å². The van der Waals surface area contributed by atoms with Gasteiger partial charge in [0.25, 0.3) is 0 Å². The highest BCUT2D eigenvalue weighted by Crippen LogP contribution is 2.38. The highest BCUT2D eigenvalue weighted by atomic mass is 16.5. The summed E-state index contributed by atoms with van der Waals surface area (Å²) in [6.07, 6.45) is 7.31. The van der Waals surface area contributed by atoms with E-state index in [1.54, 1.807) is 20.4 Å². The van der Waals surface area contributed by atoms with Crippen LogP contribution in [0.4, 0.5) is 0 Å². The first-order chi connectivity index (χ1) is 13.9. The van der Waals surface area contributed by atoms with Crippen LogP contribution in [0.3, 0.4) is 0 Å². The van der Waals surface area contributed by atoms with Crippen molar-refractivity contribution in [3.05, 3.63) is 72.4 Å². The van der Waals surface area contributed by atoms with E-state index in [9.17, 15) is 0 Å². The van der Waals surface area contributed by atoms with Gasteiger partial charge in [0, 0.05) is 34.7 Å². The van der Waals surface area contributed by atoms with Gasteiger partial charge < -0.3 is 9.47 Å². The van der Waals surface area contributed by atoms with Gasteiger partial charge in [-0.2, -0.15) is 0 Å². The first-order valence-corrected chi connectivity index (χ1v) is 9.99. The largest absolute Gasteiger partial charge is 0.497 e. The summed E-state index contributed by atoms with van der Waals surface area (Å²) in [6, 6.07) is 10.7. The molecule has 3 rings (SSSR count). The van der Waals surface area contributed by atoms with Crippen LogP contribution in [0, 0.1) is 5.92 Å². The maximum absolute atomic E-state index is 5.30. The molecule has 1 aromatic heterocycles. The lowest BCUT2D eigenvalue weighted by molar-refractivity contribution is 0.300. The fourth-order valence-corrected chi connectivity index (χ4v) is 3.80. The molecule has 1 atom stereocenters. The van der Waals surface area contributed by atoms with Crippen molar-refractivity contribution in [3.8, 4) is 16.9 Å². The minimum Gasteiger partial charge on any atom is -0.497 e. The van der Waals surface area contributed by atoms with Crippen molar-refractivity contribution >= 4 is 5.71 Å².